The number of hydrogen-bond acceptors (Lipinski definition) is 4. The molecule has 0 aliphatic rings. The average molecular weight is 480 g/mol. The van der Waals surface area contributed by atoms with Gasteiger partial charge in [0.05, 0.1) is 10.2 Å². The first-order valence-electron chi connectivity index (χ1n) is 8.75. The smallest absolute Gasteiger partial charge is 0.229 e. The van der Waals surface area contributed by atoms with Crippen LogP contribution in [0.15, 0.2) is 24.3 Å². The van der Waals surface area contributed by atoms with E-state index < -0.39 is 10.0 Å². The maximum atomic E-state index is 12.7. The van der Waals surface area contributed by atoms with Crippen LogP contribution in [0.3, 0.4) is 0 Å². The molecule has 1 unspecified atom stereocenters. The maximum absolute atomic E-state index is 12.7. The number of anilines is 1. The second-order valence-electron chi connectivity index (χ2n) is 6.29. The van der Waals surface area contributed by atoms with E-state index in [1.54, 1.807) is 24.3 Å². The van der Waals surface area contributed by atoms with Gasteiger partial charge in [-0.25, -0.2) is 8.42 Å². The summed E-state index contributed by atoms with van der Waals surface area (Å²) in [6.07, 6.45) is 5.70. The third-order valence-corrected chi connectivity index (χ3v) is 5.40. The van der Waals surface area contributed by atoms with Crippen LogP contribution in [-0.4, -0.2) is 48.9 Å². The highest BCUT2D eigenvalue weighted by atomic mass is 127. The highest BCUT2D eigenvalue weighted by Crippen LogP contribution is 2.17. The number of rotatable bonds is 12. The Morgan fingerprint density at radius 2 is 1.64 bits per heavy atom. The van der Waals surface area contributed by atoms with Crippen LogP contribution in [0.4, 0.5) is 5.69 Å². The lowest BCUT2D eigenvalue weighted by atomic mass is 10.1. The number of sulfonamides is 1. The molecule has 0 radical (unpaired) electrons. The van der Waals surface area contributed by atoms with Gasteiger partial charge in [0.2, 0.25) is 10.0 Å². The lowest BCUT2D eigenvalue weighted by Gasteiger charge is -2.24. The number of carbonyl (C=O) groups is 1. The van der Waals surface area contributed by atoms with Gasteiger partial charge in [-0.2, -0.15) is 0 Å². The molecule has 1 aromatic carbocycles. The molecule has 0 spiro atoms. The van der Waals surface area contributed by atoms with E-state index in [9.17, 15) is 13.2 Å². The van der Waals surface area contributed by atoms with Gasteiger partial charge in [-0.3, -0.25) is 9.52 Å². The topological polar surface area (TPSA) is 66.5 Å². The molecule has 142 valence electrons. The van der Waals surface area contributed by atoms with Crippen molar-refractivity contribution in [1.29, 1.82) is 0 Å². The van der Waals surface area contributed by atoms with E-state index in [4.69, 9.17) is 0 Å². The van der Waals surface area contributed by atoms with E-state index in [-0.39, 0.29) is 9.71 Å². The normalized spacial score (nSPS) is 13.0. The molecule has 0 fully saturated rings. The molecular weight excluding hydrogens is 451 g/mol. The van der Waals surface area contributed by atoms with Crippen LogP contribution < -0.4 is 4.72 Å². The van der Waals surface area contributed by atoms with Gasteiger partial charge < -0.3 is 4.90 Å². The first-order valence-corrected chi connectivity index (χ1v) is 11.9. The molecule has 1 N–H and O–H groups in total. The first-order chi connectivity index (χ1) is 11.8. The van der Waals surface area contributed by atoms with Crippen molar-refractivity contribution >= 4 is 44.1 Å². The van der Waals surface area contributed by atoms with Crippen molar-refractivity contribution in [2.45, 2.75) is 43.5 Å². The lowest BCUT2D eigenvalue weighted by Crippen LogP contribution is -2.35. The Bertz CT molecular complexity index is 624. The minimum absolute atomic E-state index is 0.0875. The van der Waals surface area contributed by atoms with Gasteiger partial charge in [0.1, 0.15) is 0 Å². The molecule has 0 saturated carbocycles. The number of carbonyl (C=O) groups excluding carboxylic acids is 1. The van der Waals surface area contributed by atoms with Gasteiger partial charge in [0.25, 0.3) is 0 Å². The third kappa shape index (κ3) is 9.01. The lowest BCUT2D eigenvalue weighted by molar-refractivity contribution is 0.0977. The summed E-state index contributed by atoms with van der Waals surface area (Å²) in [5, 5.41) is 0. The number of benzene rings is 1. The zero-order valence-corrected chi connectivity index (χ0v) is 18.3. The predicted octanol–water partition coefficient (Wildman–Crippen LogP) is 3.95. The fourth-order valence-corrected chi connectivity index (χ4v) is 3.95. The van der Waals surface area contributed by atoms with Gasteiger partial charge in [0.15, 0.2) is 5.78 Å². The van der Waals surface area contributed by atoms with Crippen LogP contribution in [0.1, 0.15) is 49.9 Å². The molecule has 0 saturated heterocycles. The quantitative estimate of drug-likeness (QED) is 0.280. The summed E-state index contributed by atoms with van der Waals surface area (Å²) in [5.41, 5.74) is 1.08. The van der Waals surface area contributed by atoms with E-state index in [1.165, 1.54) is 0 Å². The third-order valence-electron chi connectivity index (χ3n) is 3.83. The van der Waals surface area contributed by atoms with Crippen molar-refractivity contribution in [3.05, 3.63) is 29.8 Å². The Hall–Kier alpha value is -0.670. The predicted molar refractivity (Wildman–Crippen MR) is 113 cm³/mol. The Balaban J connectivity index is 2.69. The van der Waals surface area contributed by atoms with Crippen LogP contribution in [-0.2, 0) is 10.0 Å². The van der Waals surface area contributed by atoms with Crippen molar-refractivity contribution in [3.8, 4) is 0 Å². The molecule has 0 aliphatic carbocycles. The fraction of sp³-hybridized carbons (Fsp3) is 0.611. The van der Waals surface area contributed by atoms with Gasteiger partial charge >= 0.3 is 0 Å². The van der Waals surface area contributed by atoms with Gasteiger partial charge in [-0.15, -0.1) is 0 Å². The largest absolute Gasteiger partial charge is 0.302 e. The molecule has 0 aliphatic heterocycles. The summed E-state index contributed by atoms with van der Waals surface area (Å²) in [7, 11) is -3.30. The first kappa shape index (κ1) is 22.4. The van der Waals surface area contributed by atoms with Crippen molar-refractivity contribution in [2.75, 3.05) is 30.6 Å². The summed E-state index contributed by atoms with van der Waals surface area (Å²) in [6.45, 7) is 7.16. The molecule has 0 heterocycles. The Morgan fingerprint density at radius 1 is 1.12 bits per heavy atom. The Kier molecular flexibility index (Phi) is 9.96. The Morgan fingerprint density at radius 3 is 2.08 bits per heavy atom. The minimum atomic E-state index is -3.30. The van der Waals surface area contributed by atoms with E-state index >= 15 is 0 Å². The highest BCUT2D eigenvalue weighted by molar-refractivity contribution is 14.1. The average Bonchev–Trinajstić information content (AvgIpc) is 2.55. The fourth-order valence-electron chi connectivity index (χ4n) is 2.46. The number of nitrogens with zero attached hydrogens (tertiary/aromatic N) is 1. The summed E-state index contributed by atoms with van der Waals surface area (Å²) in [4.78, 5) is 15.0. The van der Waals surface area contributed by atoms with E-state index in [2.05, 4.69) is 46.1 Å². The van der Waals surface area contributed by atoms with Crippen LogP contribution in [0.25, 0.3) is 0 Å². The number of alkyl halides is 1. The van der Waals surface area contributed by atoms with Crippen molar-refractivity contribution in [3.63, 3.8) is 0 Å². The molecule has 1 rings (SSSR count). The van der Waals surface area contributed by atoms with Crippen LogP contribution in [0, 0.1) is 0 Å². The molecule has 1 atom stereocenters. The van der Waals surface area contributed by atoms with Gasteiger partial charge in [0, 0.05) is 17.8 Å². The summed E-state index contributed by atoms with van der Waals surface area (Å²) in [6, 6.07) is 6.63. The zero-order valence-electron chi connectivity index (χ0n) is 15.3. The number of halogens is 1. The molecule has 1 aromatic rings. The minimum Gasteiger partial charge on any atom is -0.302 e. The number of unbranched alkanes of at least 4 members (excludes halogenated alkanes) is 2. The molecular formula is C18H29IN2O3S. The van der Waals surface area contributed by atoms with Crippen molar-refractivity contribution in [1.82, 2.24) is 4.90 Å². The summed E-state index contributed by atoms with van der Waals surface area (Å²) in [5.74, 6) is 0.0875. The van der Waals surface area contributed by atoms with Crippen LogP contribution >= 0.6 is 22.6 Å². The standard InChI is InChI=1S/C18H29IN2O3S/c1-4-6-12-21(13-7-5-2)14-17(19)18(22)15-8-10-16(11-9-15)20-25(3,23)24/h8-11,17,20H,4-7,12-14H2,1-3H3. The number of Topliss-reactive ketones (excluding diaryl/α,β-unsaturated/α-hetero) is 1. The van der Waals surface area contributed by atoms with E-state index in [0.29, 0.717) is 11.3 Å². The van der Waals surface area contributed by atoms with Gasteiger partial charge in [-0.05, 0) is 50.2 Å². The molecule has 0 aromatic heterocycles. The summed E-state index contributed by atoms with van der Waals surface area (Å²) >= 11 is 2.22. The van der Waals surface area contributed by atoms with Crippen molar-refractivity contribution in [2.24, 2.45) is 0 Å². The number of nitrogens with one attached hydrogen (secondary N) is 1. The van der Waals surface area contributed by atoms with Crippen LogP contribution in [0.5, 0.6) is 0 Å². The SMILES string of the molecule is CCCCN(CCCC)CC(I)C(=O)c1ccc(NS(C)(=O)=O)cc1. The summed E-state index contributed by atoms with van der Waals surface area (Å²) < 4.78 is 24.8. The van der Waals surface area contributed by atoms with Crippen LogP contribution in [0.2, 0.25) is 0 Å². The highest BCUT2D eigenvalue weighted by Gasteiger charge is 2.20. The monoisotopic (exact) mass is 480 g/mol. The van der Waals surface area contributed by atoms with Crippen molar-refractivity contribution < 1.29 is 13.2 Å². The van der Waals surface area contributed by atoms with E-state index in [0.717, 1.165) is 51.6 Å². The molecule has 25 heavy (non-hydrogen) atoms. The number of ketones is 1. The zero-order chi connectivity index (χ0) is 18.9. The number of hydrogen-bond donors (Lipinski definition) is 1. The molecule has 5 nitrogen and oxygen atoms in total. The van der Waals surface area contributed by atoms with Gasteiger partial charge in [-0.1, -0.05) is 49.3 Å². The second kappa shape index (κ2) is 11.1. The maximum Gasteiger partial charge on any atom is 0.229 e. The Labute approximate surface area is 165 Å². The van der Waals surface area contributed by atoms with E-state index in [1.807, 2.05) is 0 Å². The molecule has 0 amide bonds. The molecule has 7 heteroatoms. The molecule has 0 bridgehead atoms. The second-order valence-corrected chi connectivity index (χ2v) is 9.54.